The maximum absolute atomic E-state index is 4.30. The van der Waals surface area contributed by atoms with Crippen molar-refractivity contribution < 1.29 is 17.1 Å². The molecule has 0 radical (unpaired) electrons. The zero-order valence-corrected chi connectivity index (χ0v) is 10.3. The lowest BCUT2D eigenvalue weighted by Crippen LogP contribution is -3.00. The number of halogens is 1. The molecular formula is C13H11ClOS. The molecule has 0 aliphatic heterocycles. The molecule has 0 fully saturated rings. The molecule has 1 nitrogen and oxygen atoms in total. The highest BCUT2D eigenvalue weighted by atomic mass is 35.5. The second-order valence-electron chi connectivity index (χ2n) is 3.48. The van der Waals surface area contributed by atoms with Gasteiger partial charge in [-0.2, -0.15) is 0 Å². The summed E-state index contributed by atoms with van der Waals surface area (Å²) in [4.78, 5) is 0. The zero-order chi connectivity index (χ0) is 10.3. The fraction of sp³-hybridized carbons (Fsp3) is 0.0769. The lowest BCUT2D eigenvalue weighted by Gasteiger charge is -1.96. The Morgan fingerprint density at radius 1 is 0.938 bits per heavy atom. The second-order valence-corrected chi connectivity index (χ2v) is 4.53. The van der Waals surface area contributed by atoms with Crippen LogP contribution >= 0.6 is 11.3 Å². The molecule has 0 aliphatic carbocycles. The molecule has 2 aromatic carbocycles. The smallest absolute Gasteiger partial charge is 0.272 e. The molecular weight excluding hydrogens is 240 g/mol. The third-order valence-corrected chi connectivity index (χ3v) is 3.83. The van der Waals surface area contributed by atoms with Crippen LogP contribution in [0, 0.1) is 0 Å². The lowest BCUT2D eigenvalue weighted by atomic mass is 10.1. The minimum absolute atomic E-state index is 0. The first-order valence-electron chi connectivity index (χ1n) is 4.90. The fourth-order valence-electron chi connectivity index (χ4n) is 1.91. The Morgan fingerprint density at radius 3 is 2.50 bits per heavy atom. The van der Waals surface area contributed by atoms with Gasteiger partial charge in [-0.1, -0.05) is 30.3 Å². The van der Waals surface area contributed by atoms with E-state index in [2.05, 4.69) is 47.2 Å². The number of aliphatic hydroxyl groups is 1. The van der Waals surface area contributed by atoms with Gasteiger partial charge in [-0.15, -0.1) is 11.3 Å². The average molecular weight is 251 g/mol. The van der Waals surface area contributed by atoms with Gasteiger partial charge in [0.25, 0.3) is 5.75 Å². The highest BCUT2D eigenvalue weighted by Crippen LogP contribution is 2.38. The molecule has 0 saturated heterocycles. The van der Waals surface area contributed by atoms with Crippen molar-refractivity contribution in [2.75, 3.05) is 7.11 Å². The molecule has 0 saturated carbocycles. The Bertz CT molecular complexity index is 630. The van der Waals surface area contributed by atoms with Crippen LogP contribution in [0.15, 0.2) is 42.5 Å². The number of rotatable bonds is 1. The monoisotopic (exact) mass is 250 g/mol. The van der Waals surface area contributed by atoms with Crippen molar-refractivity contribution in [2.24, 2.45) is 0 Å². The average Bonchev–Trinajstić information content (AvgIpc) is 2.67. The van der Waals surface area contributed by atoms with Gasteiger partial charge in [-0.05, 0) is 6.07 Å². The van der Waals surface area contributed by atoms with Gasteiger partial charge in [-0.25, -0.2) is 0 Å². The number of benzene rings is 2. The molecule has 0 aliphatic rings. The van der Waals surface area contributed by atoms with Crippen molar-refractivity contribution in [3.05, 3.63) is 42.5 Å². The predicted octanol–water partition coefficient (Wildman–Crippen LogP) is 0.930. The van der Waals surface area contributed by atoms with Crippen molar-refractivity contribution in [3.8, 4) is 5.75 Å². The Hall–Kier alpha value is -1.25. The van der Waals surface area contributed by atoms with Crippen LogP contribution < -0.4 is 12.4 Å². The van der Waals surface area contributed by atoms with E-state index in [0.29, 0.717) is 0 Å². The van der Waals surface area contributed by atoms with Crippen molar-refractivity contribution >= 4 is 31.5 Å². The topological polar surface area (TPSA) is 12.8 Å². The largest absolute Gasteiger partial charge is 1.00 e. The van der Waals surface area contributed by atoms with Crippen LogP contribution in [0.2, 0.25) is 0 Å². The van der Waals surface area contributed by atoms with E-state index >= 15 is 0 Å². The van der Waals surface area contributed by atoms with Crippen LogP contribution in [0.3, 0.4) is 0 Å². The fourth-order valence-corrected chi connectivity index (χ4v) is 3.11. The lowest BCUT2D eigenvalue weighted by molar-refractivity contribution is -0.00000384. The van der Waals surface area contributed by atoms with Gasteiger partial charge in [-0.3, -0.25) is 0 Å². The standard InChI is InChI=1S/C13H10OS.ClH/c1-14-11-7-4-6-10-9-5-2-3-8-12(9)15-13(10)11;/h2-8H,1H3;1H. The molecule has 0 spiro atoms. The van der Waals surface area contributed by atoms with Crippen LogP contribution in [-0.4, -0.2) is 11.8 Å². The van der Waals surface area contributed by atoms with Crippen LogP contribution in [0.4, 0.5) is 0 Å². The van der Waals surface area contributed by atoms with Crippen LogP contribution in [0.25, 0.3) is 20.2 Å². The van der Waals surface area contributed by atoms with Gasteiger partial charge in [0.1, 0.15) is 4.70 Å². The van der Waals surface area contributed by atoms with E-state index in [1.165, 1.54) is 20.2 Å². The summed E-state index contributed by atoms with van der Waals surface area (Å²) in [6, 6.07) is 14.8. The Balaban J connectivity index is 0.000000963. The number of hydrogen-bond donors (Lipinski definition) is 0. The quantitative estimate of drug-likeness (QED) is 0.570. The van der Waals surface area contributed by atoms with Crippen molar-refractivity contribution in [1.82, 2.24) is 0 Å². The summed E-state index contributed by atoms with van der Waals surface area (Å²) in [6.45, 7) is 0. The minimum Gasteiger partial charge on any atom is -1.00 e. The summed E-state index contributed by atoms with van der Waals surface area (Å²) in [7, 11) is 1.85. The molecule has 0 bridgehead atoms. The van der Waals surface area contributed by atoms with E-state index in [9.17, 15) is 0 Å². The molecule has 0 atom stereocenters. The van der Waals surface area contributed by atoms with Crippen molar-refractivity contribution in [1.29, 1.82) is 0 Å². The van der Waals surface area contributed by atoms with Crippen LogP contribution in [0.1, 0.15) is 0 Å². The van der Waals surface area contributed by atoms with Gasteiger partial charge >= 0.3 is 0 Å². The molecule has 3 heteroatoms. The molecule has 1 N–H and O–H groups in total. The van der Waals surface area contributed by atoms with Gasteiger partial charge in [0.2, 0.25) is 0 Å². The summed E-state index contributed by atoms with van der Waals surface area (Å²) < 4.78 is 6.93. The summed E-state index contributed by atoms with van der Waals surface area (Å²) in [6.07, 6.45) is 0. The van der Waals surface area contributed by atoms with Gasteiger partial charge in [0.15, 0.2) is 7.11 Å². The first-order chi connectivity index (χ1) is 7.40. The predicted molar refractivity (Wildman–Crippen MR) is 66.9 cm³/mol. The molecule has 1 heterocycles. The number of aromatic hydroxyl groups is 1. The van der Waals surface area contributed by atoms with Crippen molar-refractivity contribution in [3.63, 3.8) is 0 Å². The molecule has 82 valence electrons. The van der Waals surface area contributed by atoms with E-state index in [0.717, 1.165) is 5.75 Å². The SMILES string of the molecule is C[OH+]c1cccc2c1sc1ccccc12.[Cl-]. The van der Waals surface area contributed by atoms with Gasteiger partial charge < -0.3 is 17.1 Å². The number of thiophene rings is 1. The second kappa shape index (κ2) is 4.32. The van der Waals surface area contributed by atoms with E-state index in [1.54, 1.807) is 0 Å². The van der Waals surface area contributed by atoms with Gasteiger partial charge in [0, 0.05) is 21.5 Å². The van der Waals surface area contributed by atoms with E-state index in [4.69, 9.17) is 0 Å². The summed E-state index contributed by atoms with van der Waals surface area (Å²) in [5.41, 5.74) is 0. The van der Waals surface area contributed by atoms with E-state index in [-0.39, 0.29) is 12.4 Å². The molecule has 0 amide bonds. The molecule has 3 aromatic rings. The summed E-state index contributed by atoms with van der Waals surface area (Å²) in [5.74, 6) is 1.09. The van der Waals surface area contributed by atoms with Crippen molar-refractivity contribution in [2.45, 2.75) is 0 Å². The summed E-state index contributed by atoms with van der Waals surface area (Å²) >= 11 is 1.82. The molecule has 1 aromatic heterocycles. The highest BCUT2D eigenvalue weighted by molar-refractivity contribution is 7.26. The van der Waals surface area contributed by atoms with Gasteiger partial charge in [0.05, 0.1) is 0 Å². The summed E-state index contributed by atoms with van der Waals surface area (Å²) in [5, 5.41) is 2.65. The molecule has 3 rings (SSSR count). The first-order valence-corrected chi connectivity index (χ1v) is 5.72. The zero-order valence-electron chi connectivity index (χ0n) is 8.77. The maximum atomic E-state index is 4.30. The van der Waals surface area contributed by atoms with Crippen LogP contribution in [0.5, 0.6) is 5.75 Å². The third kappa shape index (κ3) is 1.55. The van der Waals surface area contributed by atoms with E-state index in [1.807, 2.05) is 18.4 Å². The minimum atomic E-state index is 0. The Kier molecular flexibility index (Phi) is 3.03. The third-order valence-electron chi connectivity index (χ3n) is 2.62. The molecule has 0 unspecified atom stereocenters. The van der Waals surface area contributed by atoms with Crippen LogP contribution in [-0.2, 0) is 0 Å². The number of ether oxygens (including phenoxy) is 1. The van der Waals surface area contributed by atoms with E-state index < -0.39 is 0 Å². The highest BCUT2D eigenvalue weighted by Gasteiger charge is 2.10. The Labute approximate surface area is 104 Å². The normalized spacial score (nSPS) is 10.3. The maximum Gasteiger partial charge on any atom is 0.272 e. The Morgan fingerprint density at radius 2 is 1.69 bits per heavy atom. The number of fused-ring (bicyclic) bond motifs is 3. The molecule has 16 heavy (non-hydrogen) atoms. The first kappa shape index (κ1) is 11.2. The number of hydrogen-bond acceptors (Lipinski definition) is 1.